The zero-order valence-corrected chi connectivity index (χ0v) is 11.7. The zero-order valence-electron chi connectivity index (χ0n) is 10.1. The second-order valence-corrected chi connectivity index (χ2v) is 4.97. The molecule has 0 spiro atoms. The Morgan fingerprint density at radius 2 is 2.39 bits per heavy atom. The van der Waals surface area contributed by atoms with Crippen LogP contribution in [-0.4, -0.2) is 28.3 Å². The number of aromatic nitrogens is 2. The van der Waals surface area contributed by atoms with Gasteiger partial charge in [0.05, 0.1) is 11.9 Å². The normalized spacial score (nSPS) is 18.8. The first kappa shape index (κ1) is 13.1. The summed E-state index contributed by atoms with van der Waals surface area (Å²) >= 11 is 3.27. The number of nitrogens with one attached hydrogen (secondary N) is 2. The lowest BCUT2D eigenvalue weighted by atomic mass is 10.2. The third kappa shape index (κ3) is 2.72. The number of amides is 1. The fraction of sp³-hybridized carbons (Fsp3) is 0.545. The van der Waals surface area contributed by atoms with Gasteiger partial charge >= 0.3 is 0 Å². The molecule has 1 aromatic heterocycles. The molecule has 1 atom stereocenters. The molecule has 0 bridgehead atoms. The van der Waals surface area contributed by atoms with Crippen LogP contribution in [0.4, 0.5) is 5.69 Å². The molecule has 1 aliphatic rings. The van der Waals surface area contributed by atoms with Crippen molar-refractivity contribution in [1.29, 1.82) is 0 Å². The summed E-state index contributed by atoms with van der Waals surface area (Å²) in [6, 6.07) is 0.123. The molecule has 1 aliphatic heterocycles. The minimum Gasteiger partial charge on any atom is -0.381 e. The lowest BCUT2D eigenvalue weighted by Crippen LogP contribution is -2.32. The van der Waals surface area contributed by atoms with Gasteiger partial charge in [-0.15, -0.1) is 0 Å². The van der Waals surface area contributed by atoms with Crippen molar-refractivity contribution in [2.75, 3.05) is 11.9 Å². The van der Waals surface area contributed by atoms with Gasteiger partial charge in [-0.1, -0.05) is 0 Å². The van der Waals surface area contributed by atoms with Crippen molar-refractivity contribution >= 4 is 27.5 Å². The van der Waals surface area contributed by atoms with Crippen LogP contribution >= 0.6 is 15.9 Å². The molecular weight excluding hydrogens is 300 g/mol. The Kier molecular flexibility index (Phi) is 4.00. The van der Waals surface area contributed by atoms with Gasteiger partial charge < -0.3 is 10.6 Å². The largest absolute Gasteiger partial charge is 0.381 e. The van der Waals surface area contributed by atoms with E-state index >= 15 is 0 Å². The van der Waals surface area contributed by atoms with Crippen molar-refractivity contribution in [3.63, 3.8) is 0 Å². The second kappa shape index (κ2) is 5.51. The Labute approximate surface area is 113 Å². The van der Waals surface area contributed by atoms with Gasteiger partial charge in [-0.3, -0.25) is 9.59 Å². The van der Waals surface area contributed by atoms with E-state index in [1.54, 1.807) is 6.20 Å². The molecule has 7 heteroatoms. The Bertz CT molecular complexity index is 514. The average molecular weight is 315 g/mol. The smallest absolute Gasteiger partial charge is 0.283 e. The van der Waals surface area contributed by atoms with E-state index in [0.717, 1.165) is 6.42 Å². The molecule has 0 radical (unpaired) electrons. The van der Waals surface area contributed by atoms with E-state index < -0.39 is 0 Å². The highest BCUT2D eigenvalue weighted by atomic mass is 79.9. The standard InChI is InChI=1S/C11H15BrN4O2/c1-2-16-11(18)10(12)8(6-14-16)13-5-7-3-4-9(17)15-7/h6-7,13H,2-5H2,1H3,(H,15,17). The number of rotatable bonds is 4. The minimum atomic E-state index is -0.155. The highest BCUT2D eigenvalue weighted by Gasteiger charge is 2.20. The summed E-state index contributed by atoms with van der Waals surface area (Å²) in [6.07, 6.45) is 3.01. The van der Waals surface area contributed by atoms with E-state index in [4.69, 9.17) is 0 Å². The fourth-order valence-electron chi connectivity index (χ4n) is 1.88. The Morgan fingerprint density at radius 1 is 1.61 bits per heavy atom. The monoisotopic (exact) mass is 314 g/mol. The van der Waals surface area contributed by atoms with E-state index in [9.17, 15) is 9.59 Å². The van der Waals surface area contributed by atoms with Crippen LogP contribution in [-0.2, 0) is 11.3 Å². The van der Waals surface area contributed by atoms with Gasteiger partial charge in [0.15, 0.2) is 0 Å². The van der Waals surface area contributed by atoms with Crippen LogP contribution in [0.15, 0.2) is 15.5 Å². The summed E-state index contributed by atoms with van der Waals surface area (Å²) in [4.78, 5) is 22.9. The molecule has 6 nitrogen and oxygen atoms in total. The van der Waals surface area contributed by atoms with Crippen molar-refractivity contribution in [2.45, 2.75) is 32.4 Å². The quantitative estimate of drug-likeness (QED) is 0.858. The number of hydrogen-bond acceptors (Lipinski definition) is 4. The molecule has 1 fully saturated rings. The Hall–Kier alpha value is -1.37. The van der Waals surface area contributed by atoms with E-state index in [1.807, 2.05) is 6.92 Å². The molecule has 18 heavy (non-hydrogen) atoms. The lowest BCUT2D eigenvalue weighted by Gasteiger charge is -2.13. The van der Waals surface area contributed by atoms with Gasteiger partial charge in [0.1, 0.15) is 4.47 Å². The van der Waals surface area contributed by atoms with Crippen molar-refractivity contribution in [3.05, 3.63) is 21.0 Å². The summed E-state index contributed by atoms with van der Waals surface area (Å²) in [6.45, 7) is 3.00. The topological polar surface area (TPSA) is 76.0 Å². The van der Waals surface area contributed by atoms with Gasteiger partial charge in [0, 0.05) is 25.6 Å². The number of halogens is 1. The Morgan fingerprint density at radius 3 is 3.00 bits per heavy atom. The van der Waals surface area contributed by atoms with E-state index in [0.29, 0.717) is 29.7 Å². The maximum atomic E-state index is 11.8. The summed E-state index contributed by atoms with van der Waals surface area (Å²) < 4.78 is 1.86. The highest BCUT2D eigenvalue weighted by Crippen LogP contribution is 2.17. The van der Waals surface area contributed by atoms with Crippen molar-refractivity contribution in [1.82, 2.24) is 15.1 Å². The van der Waals surface area contributed by atoms with Crippen LogP contribution in [0.1, 0.15) is 19.8 Å². The van der Waals surface area contributed by atoms with Crippen LogP contribution < -0.4 is 16.2 Å². The first-order valence-corrected chi connectivity index (χ1v) is 6.70. The maximum Gasteiger partial charge on any atom is 0.283 e. The van der Waals surface area contributed by atoms with Crippen LogP contribution in [0.5, 0.6) is 0 Å². The van der Waals surface area contributed by atoms with Gasteiger partial charge in [0.25, 0.3) is 5.56 Å². The van der Waals surface area contributed by atoms with Gasteiger partial charge in [-0.25, -0.2) is 4.68 Å². The van der Waals surface area contributed by atoms with Crippen molar-refractivity contribution < 1.29 is 4.79 Å². The average Bonchev–Trinajstić information content (AvgIpc) is 2.77. The first-order chi connectivity index (χ1) is 8.61. The summed E-state index contributed by atoms with van der Waals surface area (Å²) in [7, 11) is 0. The second-order valence-electron chi connectivity index (χ2n) is 4.18. The van der Waals surface area contributed by atoms with Gasteiger partial charge in [-0.05, 0) is 29.3 Å². The molecule has 98 valence electrons. The first-order valence-electron chi connectivity index (χ1n) is 5.90. The number of carbonyl (C=O) groups excluding carboxylic acids is 1. The van der Waals surface area contributed by atoms with Gasteiger partial charge in [0.2, 0.25) is 5.91 Å². The number of aryl methyl sites for hydroxylation is 1. The maximum absolute atomic E-state index is 11.8. The van der Waals surface area contributed by atoms with Crippen LogP contribution in [0.2, 0.25) is 0 Å². The molecular formula is C11H15BrN4O2. The molecule has 1 aromatic rings. The molecule has 2 N–H and O–H groups in total. The zero-order chi connectivity index (χ0) is 13.1. The molecule has 1 saturated heterocycles. The third-order valence-corrected chi connectivity index (χ3v) is 3.67. The van der Waals surface area contributed by atoms with Crippen molar-refractivity contribution in [2.24, 2.45) is 0 Å². The molecule has 2 heterocycles. The Balaban J connectivity index is 2.04. The predicted molar refractivity (Wildman–Crippen MR) is 71.5 cm³/mol. The van der Waals surface area contributed by atoms with E-state index in [2.05, 4.69) is 31.7 Å². The minimum absolute atomic E-state index is 0.0837. The van der Waals surface area contributed by atoms with Gasteiger partial charge in [-0.2, -0.15) is 5.10 Å². The molecule has 0 aromatic carbocycles. The fourth-order valence-corrected chi connectivity index (χ4v) is 2.32. The summed E-state index contributed by atoms with van der Waals surface area (Å²) in [5.74, 6) is 0.0837. The van der Waals surface area contributed by atoms with E-state index in [1.165, 1.54) is 4.68 Å². The highest BCUT2D eigenvalue weighted by molar-refractivity contribution is 9.10. The van der Waals surface area contributed by atoms with E-state index in [-0.39, 0.29) is 17.5 Å². The van der Waals surface area contributed by atoms with Crippen LogP contribution in [0, 0.1) is 0 Å². The molecule has 0 aliphatic carbocycles. The molecule has 2 rings (SSSR count). The van der Waals surface area contributed by atoms with Crippen LogP contribution in [0.3, 0.4) is 0 Å². The molecule has 0 saturated carbocycles. The lowest BCUT2D eigenvalue weighted by molar-refractivity contribution is -0.119. The summed E-state index contributed by atoms with van der Waals surface area (Å²) in [5, 5.41) is 10.0. The SMILES string of the molecule is CCn1ncc(NCC2CCC(=O)N2)c(Br)c1=O. The summed E-state index contributed by atoms with van der Waals surface area (Å²) in [5.41, 5.74) is 0.504. The molecule has 1 amide bonds. The predicted octanol–water partition coefficient (Wildman–Crippen LogP) is 0.716. The van der Waals surface area contributed by atoms with Crippen molar-refractivity contribution in [3.8, 4) is 0 Å². The van der Waals surface area contributed by atoms with Crippen LogP contribution in [0.25, 0.3) is 0 Å². The third-order valence-electron chi connectivity index (χ3n) is 2.91. The number of carbonyl (C=O) groups is 1. The number of nitrogens with zero attached hydrogens (tertiary/aromatic N) is 2. The number of anilines is 1. The number of hydrogen-bond donors (Lipinski definition) is 2. The molecule has 1 unspecified atom stereocenters.